The Kier molecular flexibility index (Phi) is 7.00. The number of hydrogen-bond acceptors (Lipinski definition) is 4. The molecule has 0 fully saturated rings. The number of benzene rings is 3. The average Bonchev–Trinajstić information content (AvgIpc) is 2.70. The van der Waals surface area contributed by atoms with E-state index in [0.717, 1.165) is 21.5 Å². The molecule has 3 N–H and O–H groups in total. The smallest absolute Gasteiger partial charge is 0.264 e. The van der Waals surface area contributed by atoms with Gasteiger partial charge in [-0.2, -0.15) is 0 Å². The minimum atomic E-state index is -0.331. The maximum Gasteiger partial charge on any atom is 0.264 e. The highest BCUT2D eigenvalue weighted by Gasteiger charge is 2.06. The van der Waals surface area contributed by atoms with Gasteiger partial charge >= 0.3 is 0 Å². The summed E-state index contributed by atoms with van der Waals surface area (Å²) >= 11 is 8.52. The van der Waals surface area contributed by atoms with Gasteiger partial charge in [0, 0.05) is 21.5 Å². The fourth-order valence-corrected chi connectivity index (χ4v) is 2.83. The van der Waals surface area contributed by atoms with Crippen LogP contribution in [-0.4, -0.2) is 17.6 Å². The van der Waals surface area contributed by atoms with Crippen molar-refractivity contribution in [3.05, 3.63) is 83.3 Å². The van der Waals surface area contributed by atoms with Crippen LogP contribution >= 0.6 is 28.1 Å². The molecule has 0 heterocycles. The number of carbonyl (C=O) groups excluding carboxylic acids is 1. The van der Waals surface area contributed by atoms with Crippen LogP contribution in [0.3, 0.4) is 0 Å². The monoisotopic (exact) mass is 455 g/mol. The second-order valence-corrected chi connectivity index (χ2v) is 7.14. The molecule has 7 heteroatoms. The molecule has 1 amide bonds. The van der Waals surface area contributed by atoms with E-state index in [-0.39, 0.29) is 17.6 Å². The summed E-state index contributed by atoms with van der Waals surface area (Å²) in [7, 11) is 0. The highest BCUT2D eigenvalue weighted by molar-refractivity contribution is 9.10. The lowest BCUT2D eigenvalue weighted by molar-refractivity contribution is -0.121. The first kappa shape index (κ1) is 19.9. The average molecular weight is 456 g/mol. The summed E-state index contributed by atoms with van der Waals surface area (Å²) in [6, 6.07) is 24.7. The quantitative estimate of drug-likeness (QED) is 0.452. The van der Waals surface area contributed by atoms with E-state index in [2.05, 4.69) is 31.9 Å². The standard InChI is InChI=1S/C21H18BrN3O2S/c22-15-6-12-19(13-7-15)27-14-20(26)25-21(28)24-18-10-8-17(9-11-18)23-16-4-2-1-3-5-16/h1-13,23H,14H2,(H2,24,25,26,28). The first-order chi connectivity index (χ1) is 13.6. The van der Waals surface area contributed by atoms with Crippen molar-refractivity contribution in [1.29, 1.82) is 0 Å². The van der Waals surface area contributed by atoms with Crippen molar-refractivity contribution in [3.8, 4) is 5.75 Å². The lowest BCUT2D eigenvalue weighted by atomic mass is 10.2. The molecule has 3 rings (SSSR count). The van der Waals surface area contributed by atoms with Gasteiger partial charge in [-0.05, 0) is 72.9 Å². The molecule has 142 valence electrons. The van der Waals surface area contributed by atoms with E-state index >= 15 is 0 Å². The Morgan fingerprint density at radius 3 is 2.14 bits per heavy atom. The number of rotatable bonds is 6. The highest BCUT2D eigenvalue weighted by atomic mass is 79.9. The summed E-state index contributed by atoms with van der Waals surface area (Å²) in [6.07, 6.45) is 0. The van der Waals surface area contributed by atoms with Crippen molar-refractivity contribution in [1.82, 2.24) is 5.32 Å². The molecule has 0 bridgehead atoms. The molecule has 3 aromatic rings. The molecule has 0 spiro atoms. The minimum absolute atomic E-state index is 0.122. The maximum atomic E-state index is 12.0. The summed E-state index contributed by atoms with van der Waals surface area (Å²) in [5.74, 6) is 0.279. The lowest BCUT2D eigenvalue weighted by Gasteiger charge is -2.11. The van der Waals surface area contributed by atoms with Gasteiger partial charge in [0.05, 0.1) is 0 Å². The summed E-state index contributed by atoms with van der Waals surface area (Å²) in [6.45, 7) is -0.122. The zero-order valence-corrected chi connectivity index (χ0v) is 17.2. The third-order valence-electron chi connectivity index (χ3n) is 3.64. The van der Waals surface area contributed by atoms with Crippen LogP contribution in [0.2, 0.25) is 0 Å². The Morgan fingerprint density at radius 2 is 1.46 bits per heavy atom. The third-order valence-corrected chi connectivity index (χ3v) is 4.37. The van der Waals surface area contributed by atoms with E-state index in [1.54, 1.807) is 12.1 Å². The molecule has 28 heavy (non-hydrogen) atoms. The van der Waals surface area contributed by atoms with E-state index in [9.17, 15) is 4.79 Å². The molecule has 0 aliphatic carbocycles. The largest absolute Gasteiger partial charge is 0.484 e. The third kappa shape index (κ3) is 6.37. The van der Waals surface area contributed by atoms with Crippen LogP contribution in [0, 0.1) is 0 Å². The van der Waals surface area contributed by atoms with Crippen LogP contribution < -0.4 is 20.7 Å². The topological polar surface area (TPSA) is 62.4 Å². The number of amides is 1. The van der Waals surface area contributed by atoms with Gasteiger partial charge in [-0.3, -0.25) is 10.1 Å². The molecule has 5 nitrogen and oxygen atoms in total. The van der Waals surface area contributed by atoms with Crippen LogP contribution in [0.25, 0.3) is 0 Å². The number of nitrogens with one attached hydrogen (secondary N) is 3. The maximum absolute atomic E-state index is 12.0. The van der Waals surface area contributed by atoms with Crippen LogP contribution in [0.1, 0.15) is 0 Å². The van der Waals surface area contributed by atoms with Crippen molar-refractivity contribution in [3.63, 3.8) is 0 Å². The van der Waals surface area contributed by atoms with E-state index in [1.807, 2.05) is 66.7 Å². The van der Waals surface area contributed by atoms with E-state index in [0.29, 0.717) is 5.75 Å². The summed E-state index contributed by atoms with van der Waals surface area (Å²) in [4.78, 5) is 12.0. The summed E-state index contributed by atoms with van der Waals surface area (Å²) in [5, 5.41) is 9.09. The van der Waals surface area contributed by atoms with Crippen LogP contribution in [-0.2, 0) is 4.79 Å². The molecule has 0 aromatic heterocycles. The first-order valence-electron chi connectivity index (χ1n) is 8.50. The van der Waals surface area contributed by atoms with Gasteiger partial charge in [0.1, 0.15) is 5.75 Å². The molecule has 0 saturated carbocycles. The highest BCUT2D eigenvalue weighted by Crippen LogP contribution is 2.18. The van der Waals surface area contributed by atoms with Gasteiger partial charge in [-0.1, -0.05) is 34.1 Å². The van der Waals surface area contributed by atoms with Gasteiger partial charge in [0.15, 0.2) is 11.7 Å². The Morgan fingerprint density at radius 1 is 0.857 bits per heavy atom. The molecule has 0 radical (unpaired) electrons. The predicted octanol–water partition coefficient (Wildman–Crippen LogP) is 5.08. The number of thiocarbonyl (C=S) groups is 1. The van der Waals surface area contributed by atoms with Gasteiger partial charge in [-0.25, -0.2) is 0 Å². The normalized spacial score (nSPS) is 10.0. The first-order valence-corrected chi connectivity index (χ1v) is 9.70. The molecule has 0 unspecified atom stereocenters. The van der Waals surface area contributed by atoms with Gasteiger partial charge in [0.25, 0.3) is 5.91 Å². The van der Waals surface area contributed by atoms with Crippen molar-refractivity contribution in [2.45, 2.75) is 0 Å². The molecular weight excluding hydrogens is 438 g/mol. The molecular formula is C21H18BrN3O2S. The minimum Gasteiger partial charge on any atom is -0.484 e. The number of para-hydroxylation sites is 1. The summed E-state index contributed by atoms with van der Waals surface area (Å²) in [5.41, 5.74) is 2.74. The fraction of sp³-hybridized carbons (Fsp3) is 0.0476. The van der Waals surface area contributed by atoms with Gasteiger partial charge < -0.3 is 15.4 Å². The molecule has 0 aliphatic rings. The van der Waals surface area contributed by atoms with Gasteiger partial charge in [-0.15, -0.1) is 0 Å². The van der Waals surface area contributed by atoms with Gasteiger partial charge in [0.2, 0.25) is 0 Å². The lowest BCUT2D eigenvalue weighted by Crippen LogP contribution is -2.37. The number of carbonyl (C=O) groups is 1. The number of hydrogen-bond donors (Lipinski definition) is 3. The zero-order valence-electron chi connectivity index (χ0n) is 14.8. The number of ether oxygens (including phenoxy) is 1. The fourth-order valence-electron chi connectivity index (χ4n) is 2.33. The molecule has 3 aromatic carbocycles. The van der Waals surface area contributed by atoms with Crippen molar-refractivity contribution in [2.24, 2.45) is 0 Å². The van der Waals surface area contributed by atoms with Crippen LogP contribution in [0.15, 0.2) is 83.3 Å². The summed E-state index contributed by atoms with van der Waals surface area (Å²) < 4.78 is 6.36. The SMILES string of the molecule is O=C(COc1ccc(Br)cc1)NC(=S)Nc1ccc(Nc2ccccc2)cc1. The van der Waals surface area contributed by atoms with E-state index in [4.69, 9.17) is 17.0 Å². The Hall–Kier alpha value is -2.90. The molecule has 0 saturated heterocycles. The molecule has 0 aliphatic heterocycles. The van der Waals surface area contributed by atoms with Crippen molar-refractivity contribution >= 4 is 56.2 Å². The second-order valence-electron chi connectivity index (χ2n) is 5.81. The van der Waals surface area contributed by atoms with Crippen molar-refractivity contribution in [2.75, 3.05) is 17.2 Å². The number of halogens is 1. The Labute approximate surface area is 177 Å². The van der Waals surface area contributed by atoms with Crippen LogP contribution in [0.4, 0.5) is 17.1 Å². The molecule has 0 atom stereocenters. The zero-order chi connectivity index (χ0) is 19.8. The Balaban J connectivity index is 1.44. The number of anilines is 3. The van der Waals surface area contributed by atoms with Crippen LogP contribution in [0.5, 0.6) is 5.75 Å². The second kappa shape index (κ2) is 9.87. The van der Waals surface area contributed by atoms with Crippen molar-refractivity contribution < 1.29 is 9.53 Å². The van der Waals surface area contributed by atoms with E-state index < -0.39 is 0 Å². The predicted molar refractivity (Wildman–Crippen MR) is 120 cm³/mol. The van der Waals surface area contributed by atoms with E-state index in [1.165, 1.54) is 0 Å². The Bertz CT molecular complexity index is 932.